The Kier molecular flexibility index (Phi) is 2.68. The van der Waals surface area contributed by atoms with Crippen LogP contribution in [0.25, 0.3) is 0 Å². The summed E-state index contributed by atoms with van der Waals surface area (Å²) in [5.41, 5.74) is 1.75. The van der Waals surface area contributed by atoms with Crippen molar-refractivity contribution in [2.45, 2.75) is 13.0 Å². The van der Waals surface area contributed by atoms with E-state index in [1.807, 2.05) is 6.92 Å². The molecule has 0 saturated carbocycles. The zero-order valence-corrected chi connectivity index (χ0v) is 11.2. The standard InChI is InChI=1S/C12H15ClN4O/c1-7-8(13)5-15-11-10(7)16(2)12(18)9-6-14-3-4-17(9)11/h5,9,14H,3-4,6H2,1-2H3. The third-order valence-corrected chi connectivity index (χ3v) is 4.07. The van der Waals surface area contributed by atoms with Crippen LogP contribution >= 0.6 is 11.6 Å². The quantitative estimate of drug-likeness (QED) is 0.755. The van der Waals surface area contributed by atoms with E-state index in [1.54, 1.807) is 18.1 Å². The maximum Gasteiger partial charge on any atom is 0.250 e. The summed E-state index contributed by atoms with van der Waals surface area (Å²) in [5, 5.41) is 3.85. The van der Waals surface area contributed by atoms with Gasteiger partial charge in [0.25, 0.3) is 5.91 Å². The van der Waals surface area contributed by atoms with Crippen LogP contribution in [0, 0.1) is 6.92 Å². The molecule has 1 aromatic rings. The van der Waals surface area contributed by atoms with E-state index >= 15 is 0 Å². The summed E-state index contributed by atoms with van der Waals surface area (Å²) in [4.78, 5) is 20.5. The highest BCUT2D eigenvalue weighted by molar-refractivity contribution is 6.32. The van der Waals surface area contributed by atoms with Gasteiger partial charge < -0.3 is 15.1 Å². The molecule has 0 spiro atoms. The molecule has 1 atom stereocenters. The highest BCUT2D eigenvalue weighted by atomic mass is 35.5. The first-order chi connectivity index (χ1) is 8.61. The number of aromatic nitrogens is 1. The van der Waals surface area contributed by atoms with E-state index in [1.165, 1.54) is 0 Å². The van der Waals surface area contributed by atoms with Crippen LogP contribution < -0.4 is 15.1 Å². The molecule has 0 aromatic carbocycles. The Morgan fingerprint density at radius 3 is 3.11 bits per heavy atom. The monoisotopic (exact) mass is 266 g/mol. The number of hydrogen-bond donors (Lipinski definition) is 1. The number of carbonyl (C=O) groups is 1. The number of hydrogen-bond acceptors (Lipinski definition) is 4. The van der Waals surface area contributed by atoms with Gasteiger partial charge in [-0.15, -0.1) is 0 Å². The second-order valence-corrected chi connectivity index (χ2v) is 5.12. The number of rotatable bonds is 0. The van der Waals surface area contributed by atoms with Gasteiger partial charge in [-0.1, -0.05) is 11.6 Å². The molecule has 1 fully saturated rings. The first-order valence-electron chi connectivity index (χ1n) is 6.01. The fraction of sp³-hybridized carbons (Fsp3) is 0.500. The molecule has 1 amide bonds. The lowest BCUT2D eigenvalue weighted by Crippen LogP contribution is -2.61. The molecule has 2 aliphatic heterocycles. The Bertz CT molecular complexity index is 519. The lowest BCUT2D eigenvalue weighted by atomic mass is 10.1. The van der Waals surface area contributed by atoms with Crippen molar-refractivity contribution >= 4 is 29.0 Å². The Labute approximate surface area is 111 Å². The molecule has 0 bridgehead atoms. The first kappa shape index (κ1) is 11.7. The van der Waals surface area contributed by atoms with Crippen LogP contribution in [0.15, 0.2) is 6.20 Å². The van der Waals surface area contributed by atoms with Crippen LogP contribution in [0.1, 0.15) is 5.56 Å². The van der Waals surface area contributed by atoms with E-state index in [2.05, 4.69) is 15.2 Å². The molecule has 96 valence electrons. The van der Waals surface area contributed by atoms with Gasteiger partial charge in [0.05, 0.1) is 10.7 Å². The summed E-state index contributed by atoms with van der Waals surface area (Å²) in [6.45, 7) is 4.27. The predicted octanol–water partition coefficient (Wildman–Crippen LogP) is 0.798. The summed E-state index contributed by atoms with van der Waals surface area (Å²) in [7, 11) is 1.79. The molecule has 1 N–H and O–H groups in total. The van der Waals surface area contributed by atoms with Crippen molar-refractivity contribution in [3.63, 3.8) is 0 Å². The SMILES string of the molecule is Cc1c(Cl)cnc2c1N(C)C(=O)C1CNCCN21. The number of fused-ring (bicyclic) bond motifs is 3. The molecule has 1 aromatic heterocycles. The minimum atomic E-state index is -0.149. The van der Waals surface area contributed by atoms with Gasteiger partial charge in [0.2, 0.25) is 0 Å². The molecule has 5 nitrogen and oxygen atoms in total. The van der Waals surface area contributed by atoms with Crippen molar-refractivity contribution in [3.8, 4) is 0 Å². The summed E-state index contributed by atoms with van der Waals surface area (Å²) >= 11 is 6.10. The number of likely N-dealkylation sites (N-methyl/N-ethyl adjacent to an activating group) is 1. The van der Waals surface area contributed by atoms with E-state index in [4.69, 9.17) is 11.6 Å². The Hall–Kier alpha value is -1.33. The normalized spacial score (nSPS) is 22.8. The van der Waals surface area contributed by atoms with Crippen LogP contribution in [0.3, 0.4) is 0 Å². The minimum Gasteiger partial charge on any atom is -0.340 e. The maximum absolute atomic E-state index is 12.4. The average Bonchev–Trinajstić information content (AvgIpc) is 2.39. The molecular formula is C12H15ClN4O. The lowest BCUT2D eigenvalue weighted by Gasteiger charge is -2.44. The van der Waals surface area contributed by atoms with Crippen molar-refractivity contribution in [2.24, 2.45) is 0 Å². The smallest absolute Gasteiger partial charge is 0.250 e. The fourth-order valence-electron chi connectivity index (χ4n) is 2.68. The zero-order valence-electron chi connectivity index (χ0n) is 10.4. The molecule has 6 heteroatoms. The molecule has 1 saturated heterocycles. The number of nitrogens with one attached hydrogen (secondary N) is 1. The largest absolute Gasteiger partial charge is 0.340 e. The van der Waals surface area contributed by atoms with Crippen molar-refractivity contribution in [3.05, 3.63) is 16.8 Å². The summed E-state index contributed by atoms with van der Waals surface area (Å²) in [5.74, 6) is 0.965. The van der Waals surface area contributed by atoms with Gasteiger partial charge in [0, 0.05) is 32.9 Å². The van der Waals surface area contributed by atoms with Crippen molar-refractivity contribution in [1.82, 2.24) is 10.3 Å². The van der Waals surface area contributed by atoms with Gasteiger partial charge in [0.1, 0.15) is 6.04 Å². The van der Waals surface area contributed by atoms with Crippen LogP contribution in [0.2, 0.25) is 5.02 Å². The van der Waals surface area contributed by atoms with Gasteiger partial charge >= 0.3 is 0 Å². The number of nitrogens with zero attached hydrogens (tertiary/aromatic N) is 3. The molecule has 18 heavy (non-hydrogen) atoms. The van der Waals surface area contributed by atoms with Gasteiger partial charge in [-0.3, -0.25) is 4.79 Å². The average molecular weight is 267 g/mol. The van der Waals surface area contributed by atoms with Crippen LogP contribution in [0.5, 0.6) is 0 Å². The summed E-state index contributed by atoms with van der Waals surface area (Å²) < 4.78 is 0. The molecule has 3 rings (SSSR count). The molecule has 3 heterocycles. The number of halogens is 1. The predicted molar refractivity (Wildman–Crippen MR) is 71.4 cm³/mol. The molecular weight excluding hydrogens is 252 g/mol. The Morgan fingerprint density at radius 2 is 2.33 bits per heavy atom. The number of amides is 1. The number of anilines is 2. The molecule has 2 aliphatic rings. The lowest BCUT2D eigenvalue weighted by molar-refractivity contribution is -0.120. The van der Waals surface area contributed by atoms with Crippen LogP contribution in [-0.2, 0) is 4.79 Å². The van der Waals surface area contributed by atoms with E-state index in [0.29, 0.717) is 11.6 Å². The Morgan fingerprint density at radius 1 is 1.56 bits per heavy atom. The van der Waals surface area contributed by atoms with Crippen molar-refractivity contribution in [1.29, 1.82) is 0 Å². The van der Waals surface area contributed by atoms with Crippen LogP contribution in [0.4, 0.5) is 11.5 Å². The van der Waals surface area contributed by atoms with E-state index in [9.17, 15) is 4.79 Å². The number of piperazine rings is 1. The molecule has 1 unspecified atom stereocenters. The summed E-state index contributed by atoms with van der Waals surface area (Å²) in [6, 6.07) is -0.149. The second kappa shape index (κ2) is 4.10. The van der Waals surface area contributed by atoms with Crippen LogP contribution in [-0.4, -0.2) is 43.6 Å². The first-order valence-corrected chi connectivity index (χ1v) is 6.39. The van der Waals surface area contributed by atoms with E-state index in [0.717, 1.165) is 30.2 Å². The zero-order chi connectivity index (χ0) is 12.9. The van der Waals surface area contributed by atoms with Gasteiger partial charge in [-0.2, -0.15) is 0 Å². The van der Waals surface area contributed by atoms with E-state index < -0.39 is 0 Å². The van der Waals surface area contributed by atoms with E-state index in [-0.39, 0.29) is 11.9 Å². The summed E-state index contributed by atoms with van der Waals surface area (Å²) in [6.07, 6.45) is 1.67. The molecule has 0 radical (unpaired) electrons. The van der Waals surface area contributed by atoms with Gasteiger partial charge in [-0.05, 0) is 12.5 Å². The topological polar surface area (TPSA) is 48.5 Å². The van der Waals surface area contributed by atoms with Gasteiger partial charge in [0.15, 0.2) is 5.82 Å². The molecule has 0 aliphatic carbocycles. The number of pyridine rings is 1. The maximum atomic E-state index is 12.4. The fourth-order valence-corrected chi connectivity index (χ4v) is 2.82. The second-order valence-electron chi connectivity index (χ2n) is 4.71. The third kappa shape index (κ3) is 1.51. The minimum absolute atomic E-state index is 0.0990. The highest BCUT2D eigenvalue weighted by Crippen LogP contribution is 2.38. The van der Waals surface area contributed by atoms with Crippen molar-refractivity contribution in [2.75, 3.05) is 36.5 Å². The Balaban J connectivity index is 2.18. The highest BCUT2D eigenvalue weighted by Gasteiger charge is 2.39. The van der Waals surface area contributed by atoms with Crippen molar-refractivity contribution < 1.29 is 4.79 Å². The third-order valence-electron chi connectivity index (χ3n) is 3.69. The van der Waals surface area contributed by atoms with Gasteiger partial charge in [-0.25, -0.2) is 4.98 Å². The number of carbonyl (C=O) groups excluding carboxylic acids is 1.